The van der Waals surface area contributed by atoms with E-state index >= 15 is 0 Å². The lowest BCUT2D eigenvalue weighted by Gasteiger charge is -2.33. The van der Waals surface area contributed by atoms with Gasteiger partial charge in [0.05, 0.1) is 6.10 Å². The number of piperidine rings is 1. The van der Waals surface area contributed by atoms with E-state index in [4.69, 9.17) is 11.6 Å². The van der Waals surface area contributed by atoms with Gasteiger partial charge in [-0.15, -0.1) is 0 Å². The number of aromatic nitrogens is 1. The molecule has 2 atom stereocenters. The largest absolute Gasteiger partial charge is 0.391 e. The third-order valence-corrected chi connectivity index (χ3v) is 3.61. The number of amides is 1. The summed E-state index contributed by atoms with van der Waals surface area (Å²) in [5, 5.41) is 10.2. The summed E-state index contributed by atoms with van der Waals surface area (Å²) in [4.78, 5) is 17.5. The molecule has 1 saturated heterocycles. The molecule has 0 saturated carbocycles. The fourth-order valence-corrected chi connectivity index (χ4v) is 2.23. The Balaban J connectivity index is 1.97. The summed E-state index contributed by atoms with van der Waals surface area (Å²) in [7, 11) is 0. The first-order chi connectivity index (χ1) is 9.06. The van der Waals surface area contributed by atoms with E-state index in [1.54, 1.807) is 29.3 Å². The van der Waals surface area contributed by atoms with Crippen molar-refractivity contribution in [2.24, 2.45) is 5.92 Å². The monoisotopic (exact) mass is 280 g/mol. The number of hydrogen-bond donors (Lipinski definition) is 1. The maximum atomic E-state index is 12.0. The van der Waals surface area contributed by atoms with Gasteiger partial charge in [-0.1, -0.05) is 18.5 Å². The van der Waals surface area contributed by atoms with E-state index < -0.39 is 6.10 Å². The molecule has 102 valence electrons. The van der Waals surface area contributed by atoms with Crippen molar-refractivity contribution in [3.8, 4) is 0 Å². The number of likely N-dealkylation sites (tertiary alicyclic amines) is 1. The maximum Gasteiger partial charge on any atom is 0.246 e. The summed E-state index contributed by atoms with van der Waals surface area (Å²) in [5.74, 6) is 0.172. The van der Waals surface area contributed by atoms with Crippen molar-refractivity contribution in [2.75, 3.05) is 13.1 Å². The number of nitrogens with zero attached hydrogens (tertiary/aromatic N) is 2. The molecule has 0 bridgehead atoms. The zero-order valence-electron chi connectivity index (χ0n) is 10.8. The van der Waals surface area contributed by atoms with Crippen LogP contribution in [0, 0.1) is 5.92 Å². The number of aliphatic hydroxyl groups excluding tert-OH is 1. The zero-order valence-corrected chi connectivity index (χ0v) is 11.5. The van der Waals surface area contributed by atoms with Crippen molar-refractivity contribution in [3.63, 3.8) is 0 Å². The topological polar surface area (TPSA) is 53.4 Å². The molecule has 2 rings (SSSR count). The summed E-state index contributed by atoms with van der Waals surface area (Å²) >= 11 is 5.77. The van der Waals surface area contributed by atoms with Gasteiger partial charge < -0.3 is 10.0 Å². The van der Waals surface area contributed by atoms with E-state index in [1.807, 2.05) is 6.92 Å². The molecule has 19 heavy (non-hydrogen) atoms. The van der Waals surface area contributed by atoms with E-state index in [0.717, 1.165) is 12.0 Å². The molecule has 0 spiro atoms. The quantitative estimate of drug-likeness (QED) is 0.666. The predicted octanol–water partition coefficient (Wildman–Crippen LogP) is 1.98. The minimum absolute atomic E-state index is 0.0844. The second-order valence-corrected chi connectivity index (χ2v) is 5.25. The number of β-amino-alcohol motifs (C(OH)–C–C–N with tert-alkyl or cyclic N) is 1. The second kappa shape index (κ2) is 6.17. The summed E-state index contributed by atoms with van der Waals surface area (Å²) < 4.78 is 0. The van der Waals surface area contributed by atoms with Crippen molar-refractivity contribution in [3.05, 3.63) is 35.1 Å². The van der Waals surface area contributed by atoms with Crippen LogP contribution in [0.3, 0.4) is 0 Å². The van der Waals surface area contributed by atoms with Crippen LogP contribution in [0.2, 0.25) is 5.15 Å². The fourth-order valence-electron chi connectivity index (χ4n) is 2.04. The highest BCUT2D eigenvalue weighted by Crippen LogP contribution is 2.17. The molecule has 0 radical (unpaired) electrons. The average molecular weight is 281 g/mol. The Morgan fingerprint density at radius 3 is 3.11 bits per heavy atom. The van der Waals surface area contributed by atoms with Gasteiger partial charge in [0.1, 0.15) is 5.15 Å². The molecule has 5 heteroatoms. The van der Waals surface area contributed by atoms with Crippen molar-refractivity contribution in [2.45, 2.75) is 19.4 Å². The van der Waals surface area contributed by atoms with E-state index in [2.05, 4.69) is 4.98 Å². The summed E-state index contributed by atoms with van der Waals surface area (Å²) in [6.45, 7) is 3.10. The van der Waals surface area contributed by atoms with Crippen LogP contribution in [-0.2, 0) is 4.79 Å². The number of halogens is 1. The molecular formula is C14H17ClN2O2. The highest BCUT2D eigenvalue weighted by molar-refractivity contribution is 6.29. The Bertz CT molecular complexity index is 490. The molecule has 2 unspecified atom stereocenters. The van der Waals surface area contributed by atoms with Crippen molar-refractivity contribution in [1.82, 2.24) is 9.88 Å². The smallest absolute Gasteiger partial charge is 0.246 e. The van der Waals surface area contributed by atoms with Gasteiger partial charge in [-0.3, -0.25) is 4.79 Å². The first-order valence-electron chi connectivity index (χ1n) is 6.33. The van der Waals surface area contributed by atoms with E-state index in [1.165, 1.54) is 6.08 Å². The minimum Gasteiger partial charge on any atom is -0.391 e. The molecule has 1 aliphatic rings. The minimum atomic E-state index is -0.429. The van der Waals surface area contributed by atoms with Gasteiger partial charge in [0.2, 0.25) is 5.91 Å². The van der Waals surface area contributed by atoms with E-state index in [0.29, 0.717) is 18.2 Å². The van der Waals surface area contributed by atoms with Crippen molar-refractivity contribution < 1.29 is 9.90 Å². The van der Waals surface area contributed by atoms with Crippen molar-refractivity contribution >= 4 is 23.6 Å². The molecule has 2 heterocycles. The molecule has 1 aromatic heterocycles. The second-order valence-electron chi connectivity index (χ2n) is 4.86. The van der Waals surface area contributed by atoms with Crippen LogP contribution >= 0.6 is 11.6 Å². The molecule has 0 aromatic carbocycles. The molecule has 0 aliphatic carbocycles. The van der Waals surface area contributed by atoms with Gasteiger partial charge >= 0.3 is 0 Å². The molecule has 1 aliphatic heterocycles. The lowest BCUT2D eigenvalue weighted by Crippen LogP contribution is -2.45. The number of hydrogen-bond acceptors (Lipinski definition) is 3. The first kappa shape index (κ1) is 14.0. The molecule has 1 fully saturated rings. The van der Waals surface area contributed by atoms with Crippen LogP contribution in [0.4, 0.5) is 0 Å². The van der Waals surface area contributed by atoms with E-state index in [9.17, 15) is 9.90 Å². The Kier molecular flexibility index (Phi) is 4.56. The molecule has 1 aromatic rings. The van der Waals surface area contributed by atoms with Crippen LogP contribution < -0.4 is 0 Å². The lowest BCUT2D eigenvalue weighted by molar-refractivity contribution is -0.130. The van der Waals surface area contributed by atoms with Crippen LogP contribution in [0.25, 0.3) is 6.08 Å². The van der Waals surface area contributed by atoms with Crippen molar-refractivity contribution in [1.29, 1.82) is 0 Å². The maximum absolute atomic E-state index is 12.0. The Hall–Kier alpha value is -1.39. The zero-order chi connectivity index (χ0) is 13.8. The standard InChI is InChI=1S/C14H17ClN2O2/c1-10-5-7-17(9-12(10)18)14(19)3-2-11-4-6-16-13(15)8-11/h2-4,6,8,10,12,18H,5,7,9H2,1H3/b3-2+. The van der Waals surface area contributed by atoms with Gasteiger partial charge in [0.15, 0.2) is 0 Å². The summed E-state index contributed by atoms with van der Waals surface area (Å²) in [5.41, 5.74) is 0.833. The Labute approximate surface area is 117 Å². The molecule has 4 nitrogen and oxygen atoms in total. The van der Waals surface area contributed by atoms with Crippen LogP contribution in [0.5, 0.6) is 0 Å². The van der Waals surface area contributed by atoms with Crippen LogP contribution in [-0.4, -0.2) is 40.1 Å². The Morgan fingerprint density at radius 1 is 1.63 bits per heavy atom. The molecule has 1 N–H and O–H groups in total. The van der Waals surface area contributed by atoms with Gasteiger partial charge in [-0.05, 0) is 36.1 Å². The number of pyridine rings is 1. The number of rotatable bonds is 2. The fraction of sp³-hybridized carbons (Fsp3) is 0.429. The summed E-state index contributed by atoms with van der Waals surface area (Å²) in [6.07, 6.45) is 5.22. The van der Waals surface area contributed by atoms with E-state index in [-0.39, 0.29) is 11.8 Å². The highest BCUT2D eigenvalue weighted by atomic mass is 35.5. The van der Waals surface area contributed by atoms with Gasteiger partial charge in [0.25, 0.3) is 0 Å². The SMILES string of the molecule is CC1CCN(C(=O)/C=C/c2ccnc(Cl)c2)CC1O. The lowest BCUT2D eigenvalue weighted by atomic mass is 9.96. The predicted molar refractivity (Wildman–Crippen MR) is 74.6 cm³/mol. The highest BCUT2D eigenvalue weighted by Gasteiger charge is 2.25. The third-order valence-electron chi connectivity index (χ3n) is 3.40. The molecular weight excluding hydrogens is 264 g/mol. The number of carbonyl (C=O) groups is 1. The van der Waals surface area contributed by atoms with Crippen LogP contribution in [0.1, 0.15) is 18.9 Å². The third kappa shape index (κ3) is 3.78. The van der Waals surface area contributed by atoms with Crippen LogP contribution in [0.15, 0.2) is 24.4 Å². The normalized spacial score (nSPS) is 23.8. The summed E-state index contributed by atoms with van der Waals surface area (Å²) in [6, 6.07) is 3.47. The average Bonchev–Trinajstić information content (AvgIpc) is 2.39. The van der Waals surface area contributed by atoms with Gasteiger partial charge in [-0.2, -0.15) is 0 Å². The van der Waals surface area contributed by atoms with Gasteiger partial charge in [0, 0.05) is 25.4 Å². The number of carbonyl (C=O) groups excluding carboxylic acids is 1. The first-order valence-corrected chi connectivity index (χ1v) is 6.70. The Morgan fingerprint density at radius 2 is 2.42 bits per heavy atom. The molecule has 1 amide bonds. The number of aliphatic hydroxyl groups is 1. The van der Waals surface area contributed by atoms with Gasteiger partial charge in [-0.25, -0.2) is 4.98 Å².